The Hall–Kier alpha value is -2.66. The van der Waals surface area contributed by atoms with Crippen LogP contribution in [0.25, 0.3) is 10.9 Å². The Bertz CT molecular complexity index is 891. The summed E-state index contributed by atoms with van der Waals surface area (Å²) >= 11 is 0. The summed E-state index contributed by atoms with van der Waals surface area (Å²) in [5.41, 5.74) is 2.48. The van der Waals surface area contributed by atoms with Crippen molar-refractivity contribution in [2.24, 2.45) is 0 Å². The van der Waals surface area contributed by atoms with Crippen LogP contribution in [-0.2, 0) is 6.54 Å². The highest BCUT2D eigenvalue weighted by Gasteiger charge is 2.20. The fourth-order valence-electron chi connectivity index (χ4n) is 3.45. The van der Waals surface area contributed by atoms with Gasteiger partial charge in [-0.25, -0.2) is 4.39 Å². The summed E-state index contributed by atoms with van der Waals surface area (Å²) in [4.78, 5) is 8.73. The molecule has 1 aliphatic heterocycles. The topological polar surface area (TPSA) is 39.6 Å². The summed E-state index contributed by atoms with van der Waals surface area (Å²) in [7, 11) is 0. The fourth-order valence-corrected chi connectivity index (χ4v) is 3.45. The van der Waals surface area contributed by atoms with Crippen LogP contribution >= 0.6 is 0 Å². The van der Waals surface area contributed by atoms with Gasteiger partial charge in [0.05, 0.1) is 5.69 Å². The summed E-state index contributed by atoms with van der Waals surface area (Å²) in [5, 5.41) is 11.0. The van der Waals surface area contributed by atoms with Gasteiger partial charge in [0.2, 0.25) is 0 Å². The molecular weight excluding hydrogens is 317 g/mol. The lowest BCUT2D eigenvalue weighted by Gasteiger charge is -2.36. The van der Waals surface area contributed by atoms with Crippen LogP contribution in [0.4, 0.5) is 10.1 Å². The van der Waals surface area contributed by atoms with E-state index in [1.165, 1.54) is 6.07 Å². The number of nitrogens with zero attached hydrogens (tertiary/aromatic N) is 3. The minimum absolute atomic E-state index is 0.161. The molecule has 2 heterocycles. The smallest absolute Gasteiger partial charge is 0.146 e. The Morgan fingerprint density at radius 1 is 0.960 bits per heavy atom. The van der Waals surface area contributed by atoms with Gasteiger partial charge in [-0.05, 0) is 29.8 Å². The SMILES string of the molecule is Oc1ccc(CN2CCN(c3ccccc3F)CC2)c2cccnc12. The maximum absolute atomic E-state index is 13.9. The van der Waals surface area contributed by atoms with Crippen molar-refractivity contribution in [1.82, 2.24) is 9.88 Å². The number of hydrogen-bond donors (Lipinski definition) is 1. The zero-order chi connectivity index (χ0) is 17.2. The first-order valence-corrected chi connectivity index (χ1v) is 8.50. The lowest BCUT2D eigenvalue weighted by molar-refractivity contribution is 0.250. The van der Waals surface area contributed by atoms with Crippen molar-refractivity contribution in [3.63, 3.8) is 0 Å². The summed E-state index contributed by atoms with van der Waals surface area (Å²) < 4.78 is 13.9. The molecule has 0 amide bonds. The minimum atomic E-state index is -0.161. The minimum Gasteiger partial charge on any atom is -0.506 e. The van der Waals surface area contributed by atoms with E-state index in [4.69, 9.17) is 0 Å². The second-order valence-electron chi connectivity index (χ2n) is 6.36. The van der Waals surface area contributed by atoms with Crippen molar-refractivity contribution in [1.29, 1.82) is 0 Å². The molecule has 1 saturated heterocycles. The number of phenolic OH excluding ortho intramolecular Hbond substituents is 1. The standard InChI is InChI=1S/C20H20FN3O/c21-17-5-1-2-6-18(17)24-12-10-23(11-13-24)14-15-7-8-19(25)20-16(15)4-3-9-22-20/h1-9,25H,10-14H2. The van der Waals surface area contributed by atoms with E-state index >= 15 is 0 Å². The molecule has 128 valence electrons. The van der Waals surface area contributed by atoms with Gasteiger partial charge in [0.15, 0.2) is 0 Å². The number of rotatable bonds is 3. The van der Waals surface area contributed by atoms with E-state index in [0.29, 0.717) is 11.2 Å². The molecule has 3 aromatic rings. The second-order valence-corrected chi connectivity index (χ2v) is 6.36. The first kappa shape index (κ1) is 15.8. The van der Waals surface area contributed by atoms with E-state index in [1.54, 1.807) is 18.3 Å². The molecular formula is C20H20FN3O. The first-order chi connectivity index (χ1) is 12.2. The molecule has 2 aromatic carbocycles. The van der Waals surface area contributed by atoms with E-state index in [2.05, 4.69) is 14.8 Å². The summed E-state index contributed by atoms with van der Waals surface area (Å²) in [6.45, 7) is 4.14. The second kappa shape index (κ2) is 6.69. The Labute approximate surface area is 146 Å². The number of pyridine rings is 1. The van der Waals surface area contributed by atoms with E-state index in [1.807, 2.05) is 30.3 Å². The molecule has 4 rings (SSSR count). The molecule has 0 spiro atoms. The quantitative estimate of drug-likeness (QED) is 0.795. The highest BCUT2D eigenvalue weighted by molar-refractivity contribution is 5.87. The highest BCUT2D eigenvalue weighted by atomic mass is 19.1. The lowest BCUT2D eigenvalue weighted by atomic mass is 10.1. The van der Waals surface area contributed by atoms with E-state index in [-0.39, 0.29) is 11.6 Å². The molecule has 0 atom stereocenters. The monoisotopic (exact) mass is 337 g/mol. The number of anilines is 1. The molecule has 1 fully saturated rings. The highest BCUT2D eigenvalue weighted by Crippen LogP contribution is 2.27. The van der Waals surface area contributed by atoms with Crippen molar-refractivity contribution in [2.45, 2.75) is 6.54 Å². The number of aromatic hydroxyl groups is 1. The van der Waals surface area contributed by atoms with Crippen LogP contribution in [0.5, 0.6) is 5.75 Å². The molecule has 1 aromatic heterocycles. The van der Waals surface area contributed by atoms with Gasteiger partial charge in [0.1, 0.15) is 17.1 Å². The van der Waals surface area contributed by atoms with Gasteiger partial charge >= 0.3 is 0 Å². The predicted molar refractivity (Wildman–Crippen MR) is 97.3 cm³/mol. The average molecular weight is 337 g/mol. The predicted octanol–water partition coefficient (Wildman–Crippen LogP) is 3.40. The van der Waals surface area contributed by atoms with Crippen LogP contribution < -0.4 is 4.90 Å². The van der Waals surface area contributed by atoms with Crippen molar-refractivity contribution >= 4 is 16.6 Å². The number of fused-ring (bicyclic) bond motifs is 1. The third-order valence-corrected chi connectivity index (χ3v) is 4.80. The van der Waals surface area contributed by atoms with Gasteiger partial charge < -0.3 is 10.0 Å². The number of piperazine rings is 1. The maximum Gasteiger partial charge on any atom is 0.146 e. The van der Waals surface area contributed by atoms with Crippen LogP contribution in [0.15, 0.2) is 54.7 Å². The van der Waals surface area contributed by atoms with E-state index in [0.717, 1.165) is 43.7 Å². The molecule has 0 aliphatic carbocycles. The summed E-state index contributed by atoms with van der Waals surface area (Å²) in [6, 6.07) is 14.5. The average Bonchev–Trinajstić information content (AvgIpc) is 2.65. The van der Waals surface area contributed by atoms with Gasteiger partial charge in [0, 0.05) is 44.3 Å². The Morgan fingerprint density at radius 3 is 2.56 bits per heavy atom. The number of benzene rings is 2. The van der Waals surface area contributed by atoms with Crippen LogP contribution in [0, 0.1) is 5.82 Å². The van der Waals surface area contributed by atoms with Gasteiger partial charge in [-0.1, -0.05) is 24.3 Å². The molecule has 0 saturated carbocycles. The number of aromatic nitrogens is 1. The molecule has 0 radical (unpaired) electrons. The largest absolute Gasteiger partial charge is 0.506 e. The van der Waals surface area contributed by atoms with Gasteiger partial charge in [-0.15, -0.1) is 0 Å². The maximum atomic E-state index is 13.9. The zero-order valence-electron chi connectivity index (χ0n) is 13.9. The third kappa shape index (κ3) is 3.15. The number of halogens is 1. The van der Waals surface area contributed by atoms with E-state index < -0.39 is 0 Å². The van der Waals surface area contributed by atoms with Gasteiger partial charge in [-0.3, -0.25) is 9.88 Å². The van der Waals surface area contributed by atoms with Crippen LogP contribution in [0.1, 0.15) is 5.56 Å². The molecule has 5 heteroatoms. The van der Waals surface area contributed by atoms with Crippen molar-refractivity contribution in [3.05, 3.63) is 66.1 Å². The summed E-state index contributed by atoms with van der Waals surface area (Å²) in [5.74, 6) is 0.0512. The number of phenols is 1. The van der Waals surface area contributed by atoms with Crippen molar-refractivity contribution in [2.75, 3.05) is 31.1 Å². The molecule has 1 aliphatic rings. The molecule has 25 heavy (non-hydrogen) atoms. The van der Waals surface area contributed by atoms with Crippen molar-refractivity contribution < 1.29 is 9.50 Å². The number of hydrogen-bond acceptors (Lipinski definition) is 4. The van der Waals surface area contributed by atoms with Crippen LogP contribution in [0.2, 0.25) is 0 Å². The first-order valence-electron chi connectivity index (χ1n) is 8.50. The van der Waals surface area contributed by atoms with Gasteiger partial charge in [-0.2, -0.15) is 0 Å². The van der Waals surface area contributed by atoms with Crippen LogP contribution in [-0.4, -0.2) is 41.2 Å². The third-order valence-electron chi connectivity index (χ3n) is 4.80. The summed E-state index contributed by atoms with van der Waals surface area (Å²) in [6.07, 6.45) is 1.69. The Morgan fingerprint density at radius 2 is 1.76 bits per heavy atom. The lowest BCUT2D eigenvalue weighted by Crippen LogP contribution is -2.46. The van der Waals surface area contributed by atoms with Crippen molar-refractivity contribution in [3.8, 4) is 5.75 Å². The zero-order valence-corrected chi connectivity index (χ0v) is 13.9. The molecule has 0 unspecified atom stereocenters. The van der Waals surface area contributed by atoms with E-state index in [9.17, 15) is 9.50 Å². The Kier molecular flexibility index (Phi) is 4.24. The fraction of sp³-hybridized carbons (Fsp3) is 0.250. The Balaban J connectivity index is 1.48. The number of para-hydroxylation sites is 1. The molecule has 1 N–H and O–H groups in total. The van der Waals surface area contributed by atoms with Gasteiger partial charge in [0.25, 0.3) is 0 Å². The molecule has 0 bridgehead atoms. The molecule has 4 nitrogen and oxygen atoms in total. The van der Waals surface area contributed by atoms with Crippen LogP contribution in [0.3, 0.4) is 0 Å². The normalized spacial score (nSPS) is 15.6.